The van der Waals surface area contributed by atoms with Crippen LogP contribution in [0, 0.1) is 6.92 Å². The van der Waals surface area contributed by atoms with E-state index in [0.717, 1.165) is 11.3 Å². The van der Waals surface area contributed by atoms with Gasteiger partial charge in [0, 0.05) is 24.8 Å². The fourth-order valence-electron chi connectivity index (χ4n) is 2.51. The summed E-state index contributed by atoms with van der Waals surface area (Å²) < 4.78 is 1.84. The van der Waals surface area contributed by atoms with E-state index in [9.17, 15) is 14.7 Å². The molecule has 6 heteroatoms. The molecule has 0 unspecified atom stereocenters. The van der Waals surface area contributed by atoms with E-state index in [4.69, 9.17) is 5.11 Å². The Morgan fingerprint density at radius 1 is 1.26 bits per heavy atom. The zero-order chi connectivity index (χ0) is 17.0. The van der Waals surface area contributed by atoms with Crippen LogP contribution in [0.1, 0.15) is 17.0 Å². The molecule has 2 rings (SSSR count). The average molecular weight is 316 g/mol. The lowest BCUT2D eigenvalue weighted by Gasteiger charge is -2.22. The third-order valence-corrected chi connectivity index (χ3v) is 3.61. The molecule has 0 fully saturated rings. The largest absolute Gasteiger partial charge is 0.503 e. The van der Waals surface area contributed by atoms with Gasteiger partial charge in [-0.05, 0) is 19.5 Å². The number of carbonyl (C=O) groups is 1. The normalized spacial score (nSPS) is 10.9. The fourth-order valence-corrected chi connectivity index (χ4v) is 2.51. The molecule has 2 N–H and O–H groups in total. The molecular formula is C17H20N2O4. The number of hydrogen-bond acceptors (Lipinski definition) is 4. The number of carboxylic acid groups (broad SMARTS) is 1. The van der Waals surface area contributed by atoms with Crippen LogP contribution in [0.25, 0.3) is 0 Å². The van der Waals surface area contributed by atoms with Crippen molar-refractivity contribution in [1.82, 2.24) is 9.47 Å². The fraction of sp³-hybridized carbons (Fsp3) is 0.294. The first kappa shape index (κ1) is 16.8. The molecule has 0 saturated carbocycles. The number of aliphatic carboxylic acids is 1. The Morgan fingerprint density at radius 2 is 1.91 bits per heavy atom. The maximum absolute atomic E-state index is 11.9. The molecule has 1 aromatic carbocycles. The van der Waals surface area contributed by atoms with Gasteiger partial charge in [-0.1, -0.05) is 30.3 Å². The van der Waals surface area contributed by atoms with Crippen molar-refractivity contribution in [2.45, 2.75) is 20.0 Å². The lowest BCUT2D eigenvalue weighted by Crippen LogP contribution is -2.28. The lowest BCUT2D eigenvalue weighted by molar-refractivity contribution is -0.138. The lowest BCUT2D eigenvalue weighted by atomic mass is 10.2. The standard InChI is InChI=1S/C17H20N2O4/c1-12-8-15(20)17(23)14(10-18(2)11-16(21)22)19(12)9-13-6-4-3-5-7-13/h3-8,23H,9-11H2,1-2H3,(H,21,22). The molecule has 0 spiro atoms. The van der Waals surface area contributed by atoms with Gasteiger partial charge in [0.25, 0.3) is 0 Å². The highest BCUT2D eigenvalue weighted by Gasteiger charge is 2.16. The number of aromatic hydroxyl groups is 1. The molecule has 6 nitrogen and oxygen atoms in total. The summed E-state index contributed by atoms with van der Waals surface area (Å²) in [5.74, 6) is -1.29. The summed E-state index contributed by atoms with van der Waals surface area (Å²) in [6, 6.07) is 11.1. The molecule has 0 bridgehead atoms. The van der Waals surface area contributed by atoms with Crippen LogP contribution in [0.2, 0.25) is 0 Å². The number of aryl methyl sites for hydroxylation is 1. The minimum absolute atomic E-state index is 0.169. The minimum atomic E-state index is -0.961. The van der Waals surface area contributed by atoms with Crippen molar-refractivity contribution in [1.29, 1.82) is 0 Å². The molecule has 23 heavy (non-hydrogen) atoms. The Labute approximate surface area is 134 Å². The monoisotopic (exact) mass is 316 g/mol. The van der Waals surface area contributed by atoms with Crippen molar-refractivity contribution < 1.29 is 15.0 Å². The molecular weight excluding hydrogens is 296 g/mol. The molecule has 0 atom stereocenters. The van der Waals surface area contributed by atoms with E-state index in [0.29, 0.717) is 12.2 Å². The molecule has 2 aromatic rings. The zero-order valence-corrected chi connectivity index (χ0v) is 13.2. The highest BCUT2D eigenvalue weighted by Crippen LogP contribution is 2.18. The number of pyridine rings is 1. The van der Waals surface area contributed by atoms with Crippen LogP contribution in [-0.4, -0.2) is 39.2 Å². The summed E-state index contributed by atoms with van der Waals surface area (Å²) in [5, 5.41) is 19.0. The number of carboxylic acids is 1. The van der Waals surface area contributed by atoms with Gasteiger partial charge in [0.05, 0.1) is 12.2 Å². The SMILES string of the molecule is Cc1cc(=O)c(O)c(CN(C)CC(=O)O)n1Cc1ccccc1. The van der Waals surface area contributed by atoms with E-state index >= 15 is 0 Å². The summed E-state index contributed by atoms with van der Waals surface area (Å²) in [7, 11) is 1.63. The molecule has 0 saturated heterocycles. The summed E-state index contributed by atoms with van der Waals surface area (Å²) in [4.78, 5) is 24.2. The number of likely N-dealkylation sites (N-methyl/N-ethyl adjacent to an activating group) is 1. The van der Waals surface area contributed by atoms with Gasteiger partial charge < -0.3 is 14.8 Å². The highest BCUT2D eigenvalue weighted by atomic mass is 16.4. The molecule has 0 amide bonds. The molecule has 1 heterocycles. The summed E-state index contributed by atoms with van der Waals surface area (Å²) >= 11 is 0. The maximum atomic E-state index is 11.9. The zero-order valence-electron chi connectivity index (χ0n) is 13.2. The van der Waals surface area contributed by atoms with Crippen molar-refractivity contribution in [3.63, 3.8) is 0 Å². The van der Waals surface area contributed by atoms with Crippen LogP contribution in [-0.2, 0) is 17.9 Å². The second-order valence-corrected chi connectivity index (χ2v) is 5.58. The summed E-state index contributed by atoms with van der Waals surface area (Å²) in [6.45, 7) is 2.29. The van der Waals surface area contributed by atoms with Gasteiger partial charge in [-0.25, -0.2) is 0 Å². The highest BCUT2D eigenvalue weighted by molar-refractivity contribution is 5.69. The van der Waals surface area contributed by atoms with E-state index in [1.165, 1.54) is 11.0 Å². The van der Waals surface area contributed by atoms with Gasteiger partial charge in [-0.2, -0.15) is 0 Å². The van der Waals surface area contributed by atoms with Crippen LogP contribution < -0.4 is 5.43 Å². The predicted octanol–water partition coefficient (Wildman–Crippen LogP) is 1.43. The minimum Gasteiger partial charge on any atom is -0.503 e. The third kappa shape index (κ3) is 4.20. The van der Waals surface area contributed by atoms with Crippen LogP contribution >= 0.6 is 0 Å². The van der Waals surface area contributed by atoms with Crippen LogP contribution in [0.5, 0.6) is 5.75 Å². The molecule has 1 aromatic heterocycles. The number of nitrogens with zero attached hydrogens (tertiary/aromatic N) is 2. The average Bonchev–Trinajstić information content (AvgIpc) is 2.48. The predicted molar refractivity (Wildman–Crippen MR) is 86.6 cm³/mol. The van der Waals surface area contributed by atoms with Gasteiger partial charge in [0.2, 0.25) is 5.43 Å². The quantitative estimate of drug-likeness (QED) is 0.842. The second kappa shape index (κ2) is 7.11. The van der Waals surface area contributed by atoms with Gasteiger partial charge in [0.1, 0.15) is 0 Å². The van der Waals surface area contributed by atoms with E-state index in [1.807, 2.05) is 34.9 Å². The Kier molecular flexibility index (Phi) is 5.18. The summed E-state index contributed by atoms with van der Waals surface area (Å²) in [6.07, 6.45) is 0. The van der Waals surface area contributed by atoms with E-state index in [1.54, 1.807) is 14.0 Å². The Hall–Kier alpha value is -2.60. The first-order valence-corrected chi connectivity index (χ1v) is 7.25. The van der Waals surface area contributed by atoms with Crippen molar-refractivity contribution in [2.24, 2.45) is 0 Å². The van der Waals surface area contributed by atoms with Gasteiger partial charge >= 0.3 is 5.97 Å². The molecule has 0 radical (unpaired) electrons. The number of rotatable bonds is 6. The van der Waals surface area contributed by atoms with Crippen molar-refractivity contribution in [3.05, 3.63) is 63.6 Å². The smallest absolute Gasteiger partial charge is 0.317 e. The van der Waals surface area contributed by atoms with Crippen molar-refractivity contribution >= 4 is 5.97 Å². The summed E-state index contributed by atoms with van der Waals surface area (Å²) in [5.41, 5.74) is 1.71. The maximum Gasteiger partial charge on any atom is 0.317 e. The number of benzene rings is 1. The second-order valence-electron chi connectivity index (χ2n) is 5.58. The third-order valence-electron chi connectivity index (χ3n) is 3.61. The van der Waals surface area contributed by atoms with Crippen LogP contribution in [0.4, 0.5) is 0 Å². The molecule has 0 aliphatic heterocycles. The van der Waals surface area contributed by atoms with E-state index in [2.05, 4.69) is 0 Å². The first-order chi connectivity index (χ1) is 10.9. The first-order valence-electron chi connectivity index (χ1n) is 7.25. The Bertz CT molecular complexity index is 753. The van der Waals surface area contributed by atoms with Crippen LogP contribution in [0.15, 0.2) is 41.2 Å². The molecule has 0 aliphatic carbocycles. The van der Waals surface area contributed by atoms with Gasteiger partial charge in [-0.3, -0.25) is 14.5 Å². The van der Waals surface area contributed by atoms with Crippen LogP contribution in [0.3, 0.4) is 0 Å². The van der Waals surface area contributed by atoms with E-state index in [-0.39, 0.29) is 18.8 Å². The Balaban J connectivity index is 2.41. The molecule has 122 valence electrons. The van der Waals surface area contributed by atoms with E-state index < -0.39 is 11.4 Å². The number of hydrogen-bond donors (Lipinski definition) is 2. The molecule has 0 aliphatic rings. The van der Waals surface area contributed by atoms with Gasteiger partial charge in [0.15, 0.2) is 5.75 Å². The Morgan fingerprint density at radius 3 is 2.52 bits per heavy atom. The van der Waals surface area contributed by atoms with Crippen molar-refractivity contribution in [2.75, 3.05) is 13.6 Å². The van der Waals surface area contributed by atoms with Gasteiger partial charge in [-0.15, -0.1) is 0 Å². The topological polar surface area (TPSA) is 82.8 Å². The number of aromatic nitrogens is 1. The van der Waals surface area contributed by atoms with Crippen molar-refractivity contribution in [3.8, 4) is 5.75 Å².